The summed E-state index contributed by atoms with van der Waals surface area (Å²) < 4.78 is 21.4. The van der Waals surface area contributed by atoms with E-state index in [1.807, 2.05) is 0 Å². The van der Waals surface area contributed by atoms with Crippen molar-refractivity contribution in [2.75, 3.05) is 19.5 Å². The first-order chi connectivity index (χ1) is 14.7. The maximum absolute atomic E-state index is 11.6. The summed E-state index contributed by atoms with van der Waals surface area (Å²) in [6, 6.07) is 0. The summed E-state index contributed by atoms with van der Waals surface area (Å²) in [6.45, 7) is -0.928. The summed E-state index contributed by atoms with van der Waals surface area (Å²) in [5.41, 5.74) is 0.106. The van der Waals surface area contributed by atoms with Crippen molar-refractivity contribution in [1.82, 2.24) is 0 Å². The lowest BCUT2D eigenvalue weighted by molar-refractivity contribution is -0.340. The number of hydrogen-bond donors (Lipinski definition) is 6. The van der Waals surface area contributed by atoms with Gasteiger partial charge in [0.2, 0.25) is 6.29 Å². The summed E-state index contributed by atoms with van der Waals surface area (Å²) in [7, 11) is 0. The molecule has 2 aliphatic heterocycles. The minimum atomic E-state index is -1.71. The SMILES string of the molecule is CSC(=O)OCC1=C[C@@H](O)[C@@H]2C(C(=O)O)=CO[C@H](O[C@@H]3O[C@@H](CO)[C@H](O)[C@@H](O)[C@@H]3O)[C@H]12. The molecular weight excluding hydrogens is 440 g/mol. The number of carbonyl (C=O) groups excluding carboxylic acids is 1. The molecule has 6 N–H and O–H groups in total. The third kappa shape index (κ3) is 4.73. The summed E-state index contributed by atoms with van der Waals surface area (Å²) in [6.07, 6.45) is -6.52. The molecule has 1 saturated heterocycles. The molecule has 13 heteroatoms. The molecule has 0 spiro atoms. The summed E-state index contributed by atoms with van der Waals surface area (Å²) in [4.78, 5) is 23.1. The van der Waals surface area contributed by atoms with Crippen molar-refractivity contribution in [3.05, 3.63) is 23.5 Å². The van der Waals surface area contributed by atoms with Gasteiger partial charge < -0.3 is 49.6 Å². The molecular formula is C18H24O12S. The molecule has 3 aliphatic rings. The Balaban J connectivity index is 1.84. The molecule has 9 atom stereocenters. The quantitative estimate of drug-likeness (QED) is 0.190. The van der Waals surface area contributed by atoms with Gasteiger partial charge >= 0.3 is 11.3 Å². The van der Waals surface area contributed by atoms with Crippen molar-refractivity contribution in [2.45, 2.75) is 43.1 Å². The normalized spacial score (nSPS) is 39.7. The molecule has 31 heavy (non-hydrogen) atoms. The number of fused-ring (bicyclic) bond motifs is 1. The molecule has 174 valence electrons. The van der Waals surface area contributed by atoms with Crippen LogP contribution in [0.3, 0.4) is 0 Å². The van der Waals surface area contributed by atoms with Gasteiger partial charge in [0.25, 0.3) is 0 Å². The van der Waals surface area contributed by atoms with E-state index in [0.717, 1.165) is 18.0 Å². The van der Waals surface area contributed by atoms with Crippen LogP contribution in [-0.2, 0) is 23.7 Å². The van der Waals surface area contributed by atoms with Crippen LogP contribution in [0.2, 0.25) is 0 Å². The van der Waals surface area contributed by atoms with E-state index in [9.17, 15) is 40.2 Å². The number of hydrogen-bond acceptors (Lipinski definition) is 12. The fourth-order valence-corrected chi connectivity index (χ4v) is 4.05. The van der Waals surface area contributed by atoms with E-state index in [-0.39, 0.29) is 12.2 Å². The van der Waals surface area contributed by atoms with Gasteiger partial charge in [-0.2, -0.15) is 0 Å². The van der Waals surface area contributed by atoms with Crippen LogP contribution < -0.4 is 0 Å². The van der Waals surface area contributed by atoms with E-state index in [2.05, 4.69) is 0 Å². The van der Waals surface area contributed by atoms with Gasteiger partial charge in [-0.1, -0.05) is 6.08 Å². The first-order valence-electron chi connectivity index (χ1n) is 9.33. The van der Waals surface area contributed by atoms with E-state index >= 15 is 0 Å². The second kappa shape index (κ2) is 9.83. The molecule has 0 aromatic rings. The minimum Gasteiger partial charge on any atom is -0.478 e. The molecule has 0 amide bonds. The summed E-state index contributed by atoms with van der Waals surface area (Å²) in [5.74, 6) is -3.24. The average molecular weight is 464 g/mol. The lowest BCUT2D eigenvalue weighted by Gasteiger charge is -2.43. The van der Waals surface area contributed by atoms with Gasteiger partial charge in [-0.15, -0.1) is 0 Å². The highest BCUT2D eigenvalue weighted by Gasteiger charge is 2.52. The highest BCUT2D eigenvalue weighted by atomic mass is 32.2. The van der Waals surface area contributed by atoms with Gasteiger partial charge in [0.15, 0.2) is 6.29 Å². The van der Waals surface area contributed by atoms with Crippen LogP contribution in [0.1, 0.15) is 0 Å². The van der Waals surface area contributed by atoms with Gasteiger partial charge in [-0.3, -0.25) is 0 Å². The Hall–Kier alpha value is -1.71. The smallest absolute Gasteiger partial charge is 0.367 e. The Labute approximate surface area is 180 Å². The van der Waals surface area contributed by atoms with Crippen LogP contribution >= 0.6 is 11.8 Å². The molecule has 0 aromatic heterocycles. The van der Waals surface area contributed by atoms with Gasteiger partial charge in [0, 0.05) is 5.92 Å². The minimum absolute atomic E-state index is 0.228. The van der Waals surface area contributed by atoms with Crippen LogP contribution in [0.15, 0.2) is 23.5 Å². The largest absolute Gasteiger partial charge is 0.478 e. The number of ether oxygens (including phenoxy) is 4. The maximum Gasteiger partial charge on any atom is 0.367 e. The fraction of sp³-hybridized carbons (Fsp3) is 0.667. The van der Waals surface area contributed by atoms with E-state index in [1.54, 1.807) is 0 Å². The second-order valence-electron chi connectivity index (χ2n) is 7.24. The topological polar surface area (TPSA) is 192 Å². The van der Waals surface area contributed by atoms with Crippen LogP contribution in [0.5, 0.6) is 0 Å². The maximum atomic E-state index is 11.6. The predicted molar refractivity (Wildman–Crippen MR) is 101 cm³/mol. The number of carboxylic acids is 1. The zero-order valence-electron chi connectivity index (χ0n) is 16.3. The summed E-state index contributed by atoms with van der Waals surface area (Å²) >= 11 is 0.829. The monoisotopic (exact) mass is 464 g/mol. The zero-order valence-corrected chi connectivity index (χ0v) is 17.1. The van der Waals surface area contributed by atoms with Crippen molar-refractivity contribution in [3.63, 3.8) is 0 Å². The number of rotatable bonds is 6. The van der Waals surface area contributed by atoms with E-state index in [0.29, 0.717) is 5.57 Å². The van der Waals surface area contributed by atoms with Crippen molar-refractivity contribution in [3.8, 4) is 0 Å². The van der Waals surface area contributed by atoms with Crippen molar-refractivity contribution in [1.29, 1.82) is 0 Å². The van der Waals surface area contributed by atoms with Gasteiger partial charge in [-0.25, -0.2) is 9.59 Å². The molecule has 0 unspecified atom stereocenters. The molecule has 1 fully saturated rings. The molecule has 12 nitrogen and oxygen atoms in total. The van der Waals surface area contributed by atoms with Crippen LogP contribution in [0.25, 0.3) is 0 Å². The van der Waals surface area contributed by atoms with Crippen LogP contribution in [0.4, 0.5) is 4.79 Å². The first-order valence-corrected chi connectivity index (χ1v) is 10.6. The number of aliphatic hydroxyl groups is 5. The Morgan fingerprint density at radius 3 is 2.42 bits per heavy atom. The standard InChI is InChI=1S/C18H24O12S/c1-31-18(26)28-4-6-2-8(20)11-7(15(24)25)5-27-16(10(6)11)30-17-14(23)13(22)12(21)9(3-19)29-17/h2,5,8-14,16-17,19-23H,3-4H2,1H3,(H,24,25)/t8-,9+,10-,11+,12+,13-,14+,16-,17+/m1/s1. The molecule has 0 radical (unpaired) electrons. The Bertz CT molecular complexity index is 752. The van der Waals surface area contributed by atoms with Crippen molar-refractivity contribution >= 4 is 23.0 Å². The van der Waals surface area contributed by atoms with E-state index < -0.39 is 72.8 Å². The highest BCUT2D eigenvalue weighted by molar-refractivity contribution is 8.12. The zero-order chi connectivity index (χ0) is 22.9. The average Bonchev–Trinajstić information content (AvgIpc) is 3.09. The molecule has 0 bridgehead atoms. The first kappa shape index (κ1) is 23.9. The fourth-order valence-electron chi connectivity index (χ4n) is 3.87. The number of carboxylic acid groups (broad SMARTS) is 1. The van der Waals surface area contributed by atoms with Gasteiger partial charge in [0.05, 0.1) is 30.5 Å². The second-order valence-corrected chi connectivity index (χ2v) is 7.98. The molecule has 0 aromatic carbocycles. The lowest BCUT2D eigenvalue weighted by Crippen LogP contribution is -2.60. The predicted octanol–water partition coefficient (Wildman–Crippen LogP) is -1.84. The number of carbonyl (C=O) groups is 2. The van der Waals surface area contributed by atoms with Crippen LogP contribution in [-0.4, -0.2) is 104 Å². The molecule has 3 rings (SSSR count). The van der Waals surface area contributed by atoms with E-state index in [4.69, 9.17) is 18.9 Å². The van der Waals surface area contributed by atoms with Gasteiger partial charge in [0.1, 0.15) is 31.0 Å². The molecule has 2 heterocycles. The number of thioether (sulfide) groups is 1. The number of aliphatic carboxylic acids is 1. The van der Waals surface area contributed by atoms with E-state index in [1.165, 1.54) is 12.3 Å². The van der Waals surface area contributed by atoms with Crippen LogP contribution in [0, 0.1) is 11.8 Å². The van der Waals surface area contributed by atoms with Crippen molar-refractivity contribution in [2.24, 2.45) is 11.8 Å². The third-order valence-electron chi connectivity index (χ3n) is 5.44. The summed E-state index contributed by atoms with van der Waals surface area (Å²) in [5, 5.41) is 58.7. The lowest BCUT2D eigenvalue weighted by atomic mass is 9.82. The molecule has 1 aliphatic carbocycles. The van der Waals surface area contributed by atoms with Gasteiger partial charge in [-0.05, 0) is 23.6 Å². The van der Waals surface area contributed by atoms with Crippen molar-refractivity contribution < 1.29 is 59.2 Å². The highest BCUT2D eigenvalue weighted by Crippen LogP contribution is 2.44. The third-order valence-corrected chi connectivity index (χ3v) is 5.89. The number of aliphatic hydroxyl groups excluding tert-OH is 5. The Morgan fingerprint density at radius 1 is 1.10 bits per heavy atom. The molecule has 0 saturated carbocycles. The Kier molecular flexibility index (Phi) is 7.59. The Morgan fingerprint density at radius 2 is 1.81 bits per heavy atom.